The summed E-state index contributed by atoms with van der Waals surface area (Å²) in [6.07, 6.45) is 0.521. The molecule has 1 aliphatic heterocycles. The van der Waals surface area contributed by atoms with Crippen molar-refractivity contribution in [2.24, 2.45) is 5.92 Å². The number of rotatable bonds is 4. The third-order valence-electron chi connectivity index (χ3n) is 3.31. The van der Waals surface area contributed by atoms with E-state index in [4.69, 9.17) is 4.74 Å². The van der Waals surface area contributed by atoms with E-state index in [-0.39, 0.29) is 5.91 Å². The lowest BCUT2D eigenvalue weighted by molar-refractivity contribution is -0.117. The first-order valence-electron chi connectivity index (χ1n) is 6.23. The van der Waals surface area contributed by atoms with Gasteiger partial charge in [-0.3, -0.25) is 4.79 Å². The van der Waals surface area contributed by atoms with Crippen LogP contribution in [0, 0.1) is 5.92 Å². The van der Waals surface area contributed by atoms with E-state index in [1.807, 2.05) is 0 Å². The number of alkyl halides is 1. The van der Waals surface area contributed by atoms with Crippen molar-refractivity contribution in [1.82, 2.24) is 0 Å². The highest BCUT2D eigenvalue weighted by atomic mass is 79.9. The number of anilines is 1. The van der Waals surface area contributed by atoms with E-state index >= 15 is 0 Å². The molecule has 2 rings (SSSR count). The van der Waals surface area contributed by atoms with Crippen molar-refractivity contribution < 1.29 is 19.1 Å². The molecule has 20 heavy (non-hydrogen) atoms. The summed E-state index contributed by atoms with van der Waals surface area (Å²) in [6, 6.07) is 4.95. The predicted molar refractivity (Wildman–Crippen MR) is 78.6 cm³/mol. The number of hydrogen-bond donors (Lipinski definition) is 0. The Balaban J connectivity index is 2.33. The number of esters is 1. The summed E-state index contributed by atoms with van der Waals surface area (Å²) in [6.45, 7) is 0.651. The lowest BCUT2D eigenvalue weighted by Crippen LogP contribution is -2.25. The summed E-state index contributed by atoms with van der Waals surface area (Å²) in [5.74, 6) is 0.434. The molecule has 0 radical (unpaired) electrons. The molecule has 0 N–H and O–H groups in total. The average molecular weight is 342 g/mol. The van der Waals surface area contributed by atoms with Crippen LogP contribution in [-0.4, -0.2) is 38.0 Å². The summed E-state index contributed by atoms with van der Waals surface area (Å²) in [7, 11) is 2.84. The minimum Gasteiger partial charge on any atom is -0.495 e. The van der Waals surface area contributed by atoms with Crippen LogP contribution in [0.3, 0.4) is 0 Å². The van der Waals surface area contributed by atoms with Crippen LogP contribution < -0.4 is 9.64 Å². The van der Waals surface area contributed by atoms with Gasteiger partial charge in [0.2, 0.25) is 5.91 Å². The Labute approximate surface area is 126 Å². The zero-order valence-corrected chi connectivity index (χ0v) is 13.0. The van der Waals surface area contributed by atoms with Gasteiger partial charge in [-0.2, -0.15) is 0 Å². The van der Waals surface area contributed by atoms with Gasteiger partial charge in [-0.15, -0.1) is 0 Å². The predicted octanol–water partition coefficient (Wildman–Crippen LogP) is 2.23. The van der Waals surface area contributed by atoms with Crippen molar-refractivity contribution in [3.05, 3.63) is 23.8 Å². The minimum atomic E-state index is -0.430. The van der Waals surface area contributed by atoms with Crippen LogP contribution in [0.4, 0.5) is 5.69 Å². The molecule has 6 heteroatoms. The zero-order chi connectivity index (χ0) is 14.7. The van der Waals surface area contributed by atoms with E-state index in [0.29, 0.717) is 35.9 Å². The first kappa shape index (κ1) is 14.8. The van der Waals surface area contributed by atoms with Crippen LogP contribution in [0.2, 0.25) is 0 Å². The van der Waals surface area contributed by atoms with Crippen molar-refractivity contribution in [3.63, 3.8) is 0 Å². The summed E-state index contributed by atoms with van der Waals surface area (Å²) in [5.41, 5.74) is 1.09. The molecule has 1 aromatic carbocycles. The average Bonchev–Trinajstić information content (AvgIpc) is 2.86. The summed E-state index contributed by atoms with van der Waals surface area (Å²) >= 11 is 3.41. The van der Waals surface area contributed by atoms with Gasteiger partial charge in [0, 0.05) is 18.3 Å². The number of halogens is 1. The molecule has 1 aromatic rings. The van der Waals surface area contributed by atoms with Crippen molar-refractivity contribution in [2.75, 3.05) is 31.0 Å². The Morgan fingerprint density at radius 1 is 1.45 bits per heavy atom. The summed E-state index contributed by atoms with van der Waals surface area (Å²) in [5, 5.41) is 0.789. The molecule has 0 bridgehead atoms. The van der Waals surface area contributed by atoms with Crippen LogP contribution >= 0.6 is 15.9 Å². The van der Waals surface area contributed by atoms with Gasteiger partial charge in [0.15, 0.2) is 0 Å². The monoisotopic (exact) mass is 341 g/mol. The fraction of sp³-hybridized carbons (Fsp3) is 0.429. The van der Waals surface area contributed by atoms with Crippen LogP contribution in [0.25, 0.3) is 0 Å². The van der Waals surface area contributed by atoms with E-state index in [1.54, 1.807) is 23.1 Å². The number of nitrogens with zero attached hydrogens (tertiary/aromatic N) is 1. The number of ether oxygens (including phenoxy) is 2. The third kappa shape index (κ3) is 2.80. The van der Waals surface area contributed by atoms with Gasteiger partial charge in [-0.1, -0.05) is 15.9 Å². The van der Waals surface area contributed by atoms with Gasteiger partial charge in [0.25, 0.3) is 0 Å². The highest BCUT2D eigenvalue weighted by Gasteiger charge is 2.31. The number of amides is 1. The van der Waals surface area contributed by atoms with Crippen molar-refractivity contribution in [2.45, 2.75) is 6.42 Å². The Morgan fingerprint density at radius 3 is 2.75 bits per heavy atom. The highest BCUT2D eigenvalue weighted by molar-refractivity contribution is 9.09. The number of benzene rings is 1. The van der Waals surface area contributed by atoms with E-state index in [1.165, 1.54) is 14.2 Å². The minimum absolute atomic E-state index is 0.0681. The lowest BCUT2D eigenvalue weighted by Gasteiger charge is -2.20. The first-order chi connectivity index (χ1) is 9.60. The van der Waals surface area contributed by atoms with Crippen LogP contribution in [-0.2, 0) is 9.53 Å². The molecule has 0 spiro atoms. The molecule has 1 saturated heterocycles. The second-order valence-corrected chi connectivity index (χ2v) is 5.25. The fourth-order valence-electron chi connectivity index (χ4n) is 2.26. The van der Waals surface area contributed by atoms with E-state index in [9.17, 15) is 9.59 Å². The lowest BCUT2D eigenvalue weighted by atomic mass is 10.1. The number of carbonyl (C=O) groups excluding carboxylic acids is 2. The van der Waals surface area contributed by atoms with Gasteiger partial charge < -0.3 is 14.4 Å². The Kier molecular flexibility index (Phi) is 4.65. The molecular formula is C14H16BrNO4. The molecule has 1 fully saturated rings. The van der Waals surface area contributed by atoms with Crippen LogP contribution in [0.1, 0.15) is 16.8 Å². The maximum absolute atomic E-state index is 12.0. The van der Waals surface area contributed by atoms with Gasteiger partial charge in [0.05, 0.1) is 25.5 Å². The summed E-state index contributed by atoms with van der Waals surface area (Å²) < 4.78 is 9.97. The molecule has 1 aliphatic rings. The third-order valence-corrected chi connectivity index (χ3v) is 4.23. The van der Waals surface area contributed by atoms with Gasteiger partial charge in [-0.05, 0) is 24.1 Å². The molecule has 5 nitrogen and oxygen atoms in total. The normalized spacial score (nSPS) is 18.2. The smallest absolute Gasteiger partial charge is 0.337 e. The molecule has 0 saturated carbocycles. The SMILES string of the molecule is COC(=O)c1ccc(N2CC(CBr)CC2=O)c(OC)c1. The highest BCUT2D eigenvalue weighted by Crippen LogP contribution is 2.34. The van der Waals surface area contributed by atoms with Gasteiger partial charge in [0.1, 0.15) is 5.75 Å². The topological polar surface area (TPSA) is 55.8 Å². The van der Waals surface area contributed by atoms with Crippen molar-refractivity contribution in [1.29, 1.82) is 0 Å². The molecule has 1 atom stereocenters. The first-order valence-corrected chi connectivity index (χ1v) is 7.35. The van der Waals surface area contributed by atoms with E-state index < -0.39 is 5.97 Å². The molecule has 108 valence electrons. The van der Waals surface area contributed by atoms with E-state index in [0.717, 1.165) is 5.33 Å². The molecule has 1 heterocycles. The van der Waals surface area contributed by atoms with Crippen molar-refractivity contribution >= 4 is 33.5 Å². The maximum Gasteiger partial charge on any atom is 0.337 e. The Hall–Kier alpha value is -1.56. The molecule has 0 aliphatic carbocycles. The maximum atomic E-state index is 12.0. The van der Waals surface area contributed by atoms with E-state index in [2.05, 4.69) is 20.7 Å². The molecule has 1 amide bonds. The van der Waals surface area contributed by atoms with Gasteiger partial charge >= 0.3 is 5.97 Å². The molecule has 0 aromatic heterocycles. The van der Waals surface area contributed by atoms with Crippen LogP contribution in [0.5, 0.6) is 5.75 Å². The number of methoxy groups -OCH3 is 2. The Morgan fingerprint density at radius 2 is 2.20 bits per heavy atom. The Bertz CT molecular complexity index is 532. The zero-order valence-electron chi connectivity index (χ0n) is 11.4. The largest absolute Gasteiger partial charge is 0.495 e. The standard InChI is InChI=1S/C14H16BrNO4/c1-19-12-6-10(14(18)20-2)3-4-11(12)16-8-9(7-15)5-13(16)17/h3-4,6,9H,5,7-8H2,1-2H3. The molecule has 1 unspecified atom stereocenters. The second-order valence-electron chi connectivity index (χ2n) is 4.61. The summed E-state index contributed by atoms with van der Waals surface area (Å²) in [4.78, 5) is 25.3. The van der Waals surface area contributed by atoms with Crippen molar-refractivity contribution in [3.8, 4) is 5.75 Å². The fourth-order valence-corrected chi connectivity index (χ4v) is 2.70. The van der Waals surface area contributed by atoms with Crippen LogP contribution in [0.15, 0.2) is 18.2 Å². The number of carbonyl (C=O) groups is 2. The number of hydrogen-bond acceptors (Lipinski definition) is 4. The van der Waals surface area contributed by atoms with Gasteiger partial charge in [-0.25, -0.2) is 4.79 Å². The second kappa shape index (κ2) is 6.26. The molecular weight excluding hydrogens is 326 g/mol. The quantitative estimate of drug-likeness (QED) is 0.622.